The molecule has 0 aromatic heterocycles. The third-order valence-electron chi connectivity index (χ3n) is 4.55. The Morgan fingerprint density at radius 2 is 1.33 bits per heavy atom. The summed E-state index contributed by atoms with van der Waals surface area (Å²) < 4.78 is 62.9. The van der Waals surface area contributed by atoms with Crippen LogP contribution in [-0.4, -0.2) is 56.0 Å². The summed E-state index contributed by atoms with van der Waals surface area (Å²) in [7, 11) is -9.68. The minimum atomic E-state index is -3.78. The Hall–Kier alpha value is -0.00312. The van der Waals surface area contributed by atoms with Crippen molar-refractivity contribution in [1.82, 2.24) is 0 Å². The molecule has 144 valence electrons. The molecule has 0 heterocycles. The van der Waals surface area contributed by atoms with Crippen LogP contribution < -0.4 is 0 Å². The molecule has 1 fully saturated rings. The molecular formula is C14H30O7S2Si. The van der Waals surface area contributed by atoms with Crippen LogP contribution in [0.15, 0.2) is 0 Å². The maximum absolute atomic E-state index is 11.6. The summed E-state index contributed by atoms with van der Waals surface area (Å²) in [4.78, 5) is 0. The highest BCUT2D eigenvalue weighted by Crippen LogP contribution is 2.40. The van der Waals surface area contributed by atoms with E-state index in [0.717, 1.165) is 12.5 Å². The van der Waals surface area contributed by atoms with Gasteiger partial charge in [0.25, 0.3) is 20.2 Å². The first-order valence-corrected chi connectivity index (χ1v) is 14.5. The summed E-state index contributed by atoms with van der Waals surface area (Å²) in [5.41, 5.74) is 0. The first-order valence-electron chi connectivity index (χ1n) is 7.96. The Kier molecular flexibility index (Phi) is 6.72. The van der Waals surface area contributed by atoms with E-state index in [9.17, 15) is 16.8 Å². The van der Waals surface area contributed by atoms with Gasteiger partial charge in [0.2, 0.25) is 0 Å². The van der Waals surface area contributed by atoms with Gasteiger partial charge in [0.1, 0.15) is 12.2 Å². The molecule has 0 saturated heterocycles. The standard InChI is InChI=1S/C14H30O7S2Si/c1-14(2,3)24(6,7)21-12-10-8-9-11(19-22(4,15)16)13(12)20-23(5,17)18/h11-13H,8-10H2,1-7H3/t11-,12-,13-/m0/s1. The van der Waals surface area contributed by atoms with E-state index < -0.39 is 46.9 Å². The molecule has 0 spiro atoms. The zero-order valence-electron chi connectivity index (χ0n) is 15.5. The molecule has 10 heteroatoms. The Morgan fingerprint density at radius 3 is 1.75 bits per heavy atom. The second-order valence-electron chi connectivity index (χ2n) is 7.95. The molecule has 7 nitrogen and oxygen atoms in total. The van der Waals surface area contributed by atoms with E-state index in [-0.39, 0.29) is 5.04 Å². The van der Waals surface area contributed by atoms with Crippen LogP contribution in [0.1, 0.15) is 40.0 Å². The van der Waals surface area contributed by atoms with E-state index in [1.165, 1.54) is 0 Å². The van der Waals surface area contributed by atoms with Crippen LogP contribution in [0.2, 0.25) is 18.1 Å². The summed E-state index contributed by atoms with van der Waals surface area (Å²) in [5, 5.41) is -0.0622. The van der Waals surface area contributed by atoms with Gasteiger partial charge in [-0.15, -0.1) is 0 Å². The molecule has 0 unspecified atom stereocenters. The molecule has 0 N–H and O–H groups in total. The number of rotatable bonds is 6. The fourth-order valence-corrected chi connectivity index (χ4v) is 5.09. The fourth-order valence-electron chi connectivity index (χ4n) is 2.42. The number of hydrogen-bond acceptors (Lipinski definition) is 7. The van der Waals surface area contributed by atoms with Crippen LogP contribution in [-0.2, 0) is 33.0 Å². The van der Waals surface area contributed by atoms with Crippen molar-refractivity contribution in [3.8, 4) is 0 Å². The Balaban J connectivity index is 3.11. The van der Waals surface area contributed by atoms with Crippen LogP contribution in [0.3, 0.4) is 0 Å². The first-order chi connectivity index (χ1) is 10.5. The molecule has 0 bridgehead atoms. The van der Waals surface area contributed by atoms with E-state index in [0.29, 0.717) is 19.3 Å². The zero-order valence-corrected chi connectivity index (χ0v) is 18.2. The van der Waals surface area contributed by atoms with E-state index in [2.05, 4.69) is 33.9 Å². The van der Waals surface area contributed by atoms with E-state index >= 15 is 0 Å². The third kappa shape index (κ3) is 6.72. The summed E-state index contributed by atoms with van der Waals surface area (Å²) in [6.45, 7) is 10.4. The molecule has 0 aromatic rings. The van der Waals surface area contributed by atoms with Crippen molar-refractivity contribution in [2.45, 2.75) is 76.5 Å². The molecule has 1 aliphatic rings. The second-order valence-corrected chi connectivity index (χ2v) is 15.9. The molecule has 0 aliphatic heterocycles. The van der Waals surface area contributed by atoms with Crippen LogP contribution in [0.4, 0.5) is 0 Å². The van der Waals surface area contributed by atoms with Crippen LogP contribution in [0.5, 0.6) is 0 Å². The SMILES string of the molecule is CC(C)(C)[Si](C)(C)O[C@H]1CCC[C@H](OS(C)(=O)=O)[C@@H]1OS(C)(=O)=O. The lowest BCUT2D eigenvalue weighted by molar-refractivity contribution is -0.0489. The predicted molar refractivity (Wildman–Crippen MR) is 95.4 cm³/mol. The number of hydrogen-bond donors (Lipinski definition) is 0. The van der Waals surface area contributed by atoms with Gasteiger partial charge in [-0.25, -0.2) is 0 Å². The maximum atomic E-state index is 11.6. The molecule has 1 saturated carbocycles. The lowest BCUT2D eigenvalue weighted by Crippen LogP contribution is -2.53. The van der Waals surface area contributed by atoms with E-state index in [1.807, 2.05) is 0 Å². The van der Waals surface area contributed by atoms with Crippen molar-refractivity contribution in [1.29, 1.82) is 0 Å². The minimum Gasteiger partial charge on any atom is -0.411 e. The smallest absolute Gasteiger partial charge is 0.264 e. The van der Waals surface area contributed by atoms with Gasteiger partial charge >= 0.3 is 0 Å². The van der Waals surface area contributed by atoms with Gasteiger partial charge in [-0.1, -0.05) is 20.8 Å². The highest BCUT2D eigenvalue weighted by molar-refractivity contribution is 7.86. The summed E-state index contributed by atoms with van der Waals surface area (Å²) in [6.07, 6.45) is 1.26. The zero-order chi connectivity index (χ0) is 19.0. The summed E-state index contributed by atoms with van der Waals surface area (Å²) >= 11 is 0. The highest BCUT2D eigenvalue weighted by atomic mass is 32.2. The molecule has 3 atom stereocenters. The van der Waals surface area contributed by atoms with Crippen molar-refractivity contribution in [3.63, 3.8) is 0 Å². The highest BCUT2D eigenvalue weighted by Gasteiger charge is 2.45. The van der Waals surface area contributed by atoms with Gasteiger partial charge in [0.05, 0.1) is 18.6 Å². The van der Waals surface area contributed by atoms with Crippen molar-refractivity contribution >= 4 is 28.6 Å². The predicted octanol–water partition coefficient (Wildman–Crippen LogP) is 2.25. The van der Waals surface area contributed by atoms with Gasteiger partial charge in [0, 0.05) is 0 Å². The molecular weight excluding hydrogens is 372 g/mol. The van der Waals surface area contributed by atoms with Crippen molar-refractivity contribution in [3.05, 3.63) is 0 Å². The van der Waals surface area contributed by atoms with Gasteiger partial charge < -0.3 is 4.43 Å². The first kappa shape index (κ1) is 22.0. The molecule has 0 amide bonds. The lowest BCUT2D eigenvalue weighted by atomic mass is 9.92. The topological polar surface area (TPSA) is 96.0 Å². The Morgan fingerprint density at radius 1 is 0.875 bits per heavy atom. The summed E-state index contributed by atoms with van der Waals surface area (Å²) in [6, 6.07) is 0. The normalized spacial score (nSPS) is 27.2. The van der Waals surface area contributed by atoms with Crippen molar-refractivity contribution < 1.29 is 29.6 Å². The average molecular weight is 403 g/mol. The fraction of sp³-hybridized carbons (Fsp3) is 1.00. The third-order valence-corrected chi connectivity index (χ3v) is 10.2. The van der Waals surface area contributed by atoms with Gasteiger partial charge in [-0.2, -0.15) is 16.8 Å². The molecule has 0 radical (unpaired) electrons. The van der Waals surface area contributed by atoms with Gasteiger partial charge in [0.15, 0.2) is 8.32 Å². The van der Waals surface area contributed by atoms with E-state index in [4.69, 9.17) is 12.8 Å². The maximum Gasteiger partial charge on any atom is 0.264 e. The van der Waals surface area contributed by atoms with Crippen molar-refractivity contribution in [2.24, 2.45) is 0 Å². The largest absolute Gasteiger partial charge is 0.411 e. The second kappa shape index (κ2) is 7.32. The molecule has 1 rings (SSSR count). The minimum absolute atomic E-state index is 0.0622. The monoisotopic (exact) mass is 402 g/mol. The average Bonchev–Trinajstić information content (AvgIpc) is 2.28. The molecule has 0 aromatic carbocycles. The van der Waals surface area contributed by atoms with Crippen LogP contribution >= 0.6 is 0 Å². The molecule has 24 heavy (non-hydrogen) atoms. The Labute approximate surface area is 147 Å². The van der Waals surface area contributed by atoms with Gasteiger partial charge in [-0.05, 0) is 37.4 Å². The quantitative estimate of drug-likeness (QED) is 0.496. The Bertz CT molecular complexity index is 635. The van der Waals surface area contributed by atoms with Gasteiger partial charge in [-0.3, -0.25) is 8.37 Å². The van der Waals surface area contributed by atoms with Crippen LogP contribution in [0, 0.1) is 0 Å². The molecule has 1 aliphatic carbocycles. The van der Waals surface area contributed by atoms with E-state index in [1.54, 1.807) is 0 Å². The van der Waals surface area contributed by atoms with Crippen molar-refractivity contribution in [2.75, 3.05) is 12.5 Å². The lowest BCUT2D eigenvalue weighted by Gasteiger charge is -2.44. The van der Waals surface area contributed by atoms with Crippen LogP contribution in [0.25, 0.3) is 0 Å². The summed E-state index contributed by atoms with van der Waals surface area (Å²) in [5.74, 6) is 0.